The quantitative estimate of drug-likeness (QED) is 0.268. The summed E-state index contributed by atoms with van der Waals surface area (Å²) in [7, 11) is 0. The molecule has 1 N–H and O–H groups in total. The van der Waals surface area contributed by atoms with Gasteiger partial charge in [-0.05, 0) is 70.5 Å². The third kappa shape index (κ3) is 4.96. The van der Waals surface area contributed by atoms with Crippen LogP contribution in [0, 0.1) is 48.5 Å². The molecule has 13 nitrogen and oxygen atoms in total. The molecule has 4 bridgehead atoms. The molecule has 16 heteroatoms. The lowest BCUT2D eigenvalue weighted by Gasteiger charge is -2.34. The molecular formula is C38H35F3N4O9. The van der Waals surface area contributed by atoms with E-state index in [1.54, 1.807) is 52.8 Å². The van der Waals surface area contributed by atoms with Crippen molar-refractivity contribution in [1.82, 2.24) is 0 Å². The number of halogens is 3. The first-order valence-electron chi connectivity index (χ1n) is 17.2. The molecule has 6 aliphatic heterocycles. The van der Waals surface area contributed by atoms with Gasteiger partial charge in [-0.1, -0.05) is 6.07 Å². The van der Waals surface area contributed by atoms with E-state index < -0.39 is 93.4 Å². The van der Waals surface area contributed by atoms with Gasteiger partial charge in [-0.2, -0.15) is 18.4 Å². The molecule has 6 aliphatic rings. The molecular weight excluding hydrogens is 713 g/mol. The number of benzene rings is 2. The number of imide groups is 2. The molecule has 8 rings (SSSR count). The largest absolute Gasteiger partial charge is 0.459 e. The molecule has 54 heavy (non-hydrogen) atoms. The fourth-order valence-corrected chi connectivity index (χ4v) is 9.79. The highest BCUT2D eigenvalue weighted by atomic mass is 19.4. The predicted molar refractivity (Wildman–Crippen MR) is 179 cm³/mol. The number of nitriles is 1. The number of aryl methyl sites for hydroxylation is 1. The molecule has 282 valence electrons. The minimum absolute atomic E-state index is 0.165. The minimum atomic E-state index is -4.81. The number of carbonyl (C=O) groups excluding carboxylic acids is 5. The first-order chi connectivity index (χ1) is 25.1. The van der Waals surface area contributed by atoms with E-state index in [4.69, 9.17) is 26.0 Å². The predicted octanol–water partition coefficient (Wildman–Crippen LogP) is 4.53. The van der Waals surface area contributed by atoms with Crippen molar-refractivity contribution in [3.05, 3.63) is 64.5 Å². The van der Waals surface area contributed by atoms with Crippen molar-refractivity contribution in [2.45, 2.75) is 95.2 Å². The van der Waals surface area contributed by atoms with E-state index in [0.29, 0.717) is 29.4 Å². The number of amides is 4. The highest BCUT2D eigenvalue weighted by molar-refractivity contribution is 6.24. The third-order valence-electron chi connectivity index (χ3n) is 12.1. The van der Waals surface area contributed by atoms with Gasteiger partial charge in [-0.25, -0.2) is 14.6 Å². The van der Waals surface area contributed by atoms with Crippen molar-refractivity contribution in [3.8, 4) is 6.07 Å². The van der Waals surface area contributed by atoms with Gasteiger partial charge in [0.25, 0.3) is 0 Å². The summed E-state index contributed by atoms with van der Waals surface area (Å²) < 4.78 is 57.1. The maximum absolute atomic E-state index is 13.3. The second kappa shape index (κ2) is 11.7. The number of anilines is 2. The van der Waals surface area contributed by atoms with Gasteiger partial charge in [0, 0.05) is 25.5 Å². The van der Waals surface area contributed by atoms with E-state index in [1.165, 1.54) is 17.9 Å². The fraction of sp³-hybridized carbons (Fsp3) is 0.500. The number of hydrogen-bond donors (Lipinski definition) is 1. The number of esters is 1. The Hall–Kier alpha value is -5.16. The van der Waals surface area contributed by atoms with Gasteiger partial charge in [-0.3, -0.25) is 24.0 Å². The molecule has 0 aromatic heterocycles. The summed E-state index contributed by atoms with van der Waals surface area (Å²) in [5.74, 6) is -5.58. The summed E-state index contributed by atoms with van der Waals surface area (Å²) in [5.41, 5.74) is -4.61. The van der Waals surface area contributed by atoms with Gasteiger partial charge in [0.2, 0.25) is 23.6 Å². The number of carbonyl (C=O) groups is 5. The summed E-state index contributed by atoms with van der Waals surface area (Å²) in [6, 6.07) is 9.10. The number of aliphatic hydroxyl groups is 1. The Bertz CT molecular complexity index is 2160. The van der Waals surface area contributed by atoms with Crippen LogP contribution in [0.25, 0.3) is 4.85 Å². The average molecular weight is 749 g/mol. The molecule has 0 spiro atoms. The second-order valence-electron chi connectivity index (χ2n) is 15.6. The Balaban J connectivity index is 0.000000167. The monoisotopic (exact) mass is 748 g/mol. The van der Waals surface area contributed by atoms with Gasteiger partial charge < -0.3 is 19.3 Å². The van der Waals surface area contributed by atoms with Crippen molar-refractivity contribution >= 4 is 46.7 Å². The standard InChI is InChI=1S/C20H20N2O5.C18H15F3N2O4/c1-10-8-12(6-7-13(10)21-5)22-17(24)15-16(18(22)25)20(4)14(26-11(2)23)9-19(15,3)27-20;1-16-6-11(24)17(2,27-16)13-12(16)14(25)23(15(13)26)9-4-3-8(7-22)10(5-9)18(19,20)21/h6-8,14-16H,9H2,1-4H3;3-5,11-13,24H,6H2,1-2H3/t14-,15+,16-,19?,20?;11-,12+,13-,16?,17?/m01/s1. The van der Waals surface area contributed by atoms with Crippen LogP contribution in [0.3, 0.4) is 0 Å². The van der Waals surface area contributed by atoms with Gasteiger partial charge in [-0.15, -0.1) is 0 Å². The Labute approximate surface area is 307 Å². The number of fused-ring (bicyclic) bond motifs is 10. The zero-order valence-corrected chi connectivity index (χ0v) is 30.0. The molecule has 2 aromatic rings. The molecule has 0 saturated carbocycles. The number of alkyl halides is 3. The van der Waals surface area contributed by atoms with Gasteiger partial charge in [0.05, 0.1) is 70.4 Å². The Morgan fingerprint density at radius 3 is 1.91 bits per heavy atom. The van der Waals surface area contributed by atoms with E-state index in [2.05, 4.69) is 4.85 Å². The van der Waals surface area contributed by atoms with Crippen molar-refractivity contribution in [2.24, 2.45) is 23.7 Å². The van der Waals surface area contributed by atoms with Crippen LogP contribution >= 0.6 is 0 Å². The van der Waals surface area contributed by atoms with Crippen LogP contribution in [0.4, 0.5) is 30.2 Å². The first kappa shape index (κ1) is 37.2. The number of aliphatic hydroxyl groups excluding tert-OH is 1. The topological polar surface area (TPSA) is 168 Å². The molecule has 6 fully saturated rings. The summed E-state index contributed by atoms with van der Waals surface area (Å²) >= 11 is 0. The first-order valence-corrected chi connectivity index (χ1v) is 17.2. The summed E-state index contributed by atoms with van der Waals surface area (Å²) in [6.45, 7) is 17.0. The molecule has 2 aromatic carbocycles. The van der Waals surface area contributed by atoms with E-state index in [9.17, 15) is 42.3 Å². The SMILES string of the molecule is CC12C[C@@H](O)C(C)(O1)[C@H]1C(=O)N(c3ccc(C#N)c(C(F)(F)F)c3)C(=O)[C@H]12.[C-]#[N+]c1ccc(N2C(=O)[C@@H]3[C@H](C2=O)C2(C)C[C@H](OC(C)=O)C3(C)O2)cc1C. The number of hydrogen-bond acceptors (Lipinski definition) is 10. The number of rotatable bonds is 3. The summed E-state index contributed by atoms with van der Waals surface area (Å²) in [5, 5.41) is 19.2. The molecule has 4 amide bonds. The van der Waals surface area contributed by atoms with Crippen LogP contribution in [0.15, 0.2) is 36.4 Å². The van der Waals surface area contributed by atoms with Gasteiger partial charge in [0.1, 0.15) is 17.3 Å². The van der Waals surface area contributed by atoms with Crippen LogP contribution in [0.2, 0.25) is 0 Å². The Morgan fingerprint density at radius 1 is 0.889 bits per heavy atom. The lowest BCUT2D eigenvalue weighted by atomic mass is 9.67. The van der Waals surface area contributed by atoms with Crippen LogP contribution in [-0.4, -0.2) is 69.3 Å². The molecule has 10 atom stereocenters. The van der Waals surface area contributed by atoms with Crippen molar-refractivity contribution in [1.29, 1.82) is 5.26 Å². The van der Waals surface area contributed by atoms with E-state index in [-0.39, 0.29) is 23.9 Å². The summed E-state index contributed by atoms with van der Waals surface area (Å²) in [4.78, 5) is 69.2. The third-order valence-corrected chi connectivity index (χ3v) is 12.1. The fourth-order valence-electron chi connectivity index (χ4n) is 9.79. The zero-order valence-electron chi connectivity index (χ0n) is 30.0. The van der Waals surface area contributed by atoms with Crippen LogP contribution in [-0.2, 0) is 44.4 Å². The highest BCUT2D eigenvalue weighted by Gasteiger charge is 2.77. The van der Waals surface area contributed by atoms with Crippen molar-refractivity contribution < 1.29 is 56.5 Å². The zero-order chi connectivity index (χ0) is 39.7. The Kier molecular flexibility index (Phi) is 8.03. The van der Waals surface area contributed by atoms with Crippen LogP contribution in [0.1, 0.15) is 64.2 Å². The highest BCUT2D eigenvalue weighted by Crippen LogP contribution is 2.63. The normalized spacial score (nSPS) is 37.2. The molecule has 6 heterocycles. The lowest BCUT2D eigenvalue weighted by Crippen LogP contribution is -2.50. The molecule has 0 radical (unpaired) electrons. The lowest BCUT2D eigenvalue weighted by molar-refractivity contribution is -0.159. The van der Waals surface area contributed by atoms with E-state index in [1.807, 2.05) is 0 Å². The van der Waals surface area contributed by atoms with Crippen molar-refractivity contribution in [2.75, 3.05) is 9.80 Å². The summed E-state index contributed by atoms with van der Waals surface area (Å²) in [6.07, 6.45) is -5.78. The van der Waals surface area contributed by atoms with E-state index >= 15 is 0 Å². The molecule has 6 saturated heterocycles. The van der Waals surface area contributed by atoms with E-state index in [0.717, 1.165) is 17.0 Å². The van der Waals surface area contributed by atoms with Gasteiger partial charge in [0.15, 0.2) is 5.69 Å². The number of nitrogens with zero attached hydrogens (tertiary/aromatic N) is 4. The smallest absolute Gasteiger partial charge is 0.417 e. The Morgan fingerprint density at radius 2 is 1.39 bits per heavy atom. The molecule has 0 aliphatic carbocycles. The molecule has 4 unspecified atom stereocenters. The van der Waals surface area contributed by atoms with Crippen molar-refractivity contribution in [3.63, 3.8) is 0 Å². The number of ether oxygens (including phenoxy) is 3. The maximum atomic E-state index is 13.3. The van der Waals surface area contributed by atoms with Crippen LogP contribution in [0.5, 0.6) is 0 Å². The van der Waals surface area contributed by atoms with Gasteiger partial charge >= 0.3 is 12.1 Å². The minimum Gasteiger partial charge on any atom is -0.459 e. The average Bonchev–Trinajstić information content (AvgIpc) is 3.81. The second-order valence-corrected chi connectivity index (χ2v) is 15.6. The maximum Gasteiger partial charge on any atom is 0.417 e. The van der Waals surface area contributed by atoms with Crippen LogP contribution < -0.4 is 9.80 Å².